The van der Waals surface area contributed by atoms with Crippen LogP contribution >= 0.6 is 0 Å². The number of nitro benzene ring substituents is 1. The Morgan fingerprint density at radius 2 is 1.94 bits per heavy atom. The Morgan fingerprint density at radius 1 is 1.28 bits per heavy atom. The van der Waals surface area contributed by atoms with Crippen molar-refractivity contribution in [1.29, 1.82) is 0 Å². The molecule has 1 aliphatic heterocycles. The van der Waals surface area contributed by atoms with Crippen LogP contribution in [0.15, 0.2) is 30.3 Å². The van der Waals surface area contributed by atoms with Gasteiger partial charge in [0.1, 0.15) is 0 Å². The molecule has 1 fully saturated rings. The van der Waals surface area contributed by atoms with E-state index in [-0.39, 0.29) is 11.6 Å². The molecule has 0 spiro atoms. The van der Waals surface area contributed by atoms with Gasteiger partial charge in [-0.15, -0.1) is 0 Å². The minimum Gasteiger partial charge on any atom is -0.339 e. The zero-order valence-electron chi connectivity index (χ0n) is 9.91. The number of hydrogen-bond acceptors (Lipinski definition) is 3. The fourth-order valence-electron chi connectivity index (χ4n) is 2.00. The molecule has 5 heteroatoms. The standard InChI is InChI=1S/C13H14N2O3/c16-13(14-9-3-4-10-14)8-7-11-5-1-2-6-12(11)15(17)18/h1-2,5-8H,3-4,9-10H2/b8-7+. The lowest BCUT2D eigenvalue weighted by Gasteiger charge is -2.11. The molecule has 0 radical (unpaired) electrons. The van der Waals surface area contributed by atoms with Crippen LogP contribution in [0.1, 0.15) is 18.4 Å². The van der Waals surface area contributed by atoms with Gasteiger partial charge in [-0.05, 0) is 25.0 Å². The summed E-state index contributed by atoms with van der Waals surface area (Å²) in [5, 5.41) is 10.8. The molecule has 5 nitrogen and oxygen atoms in total. The van der Waals surface area contributed by atoms with E-state index >= 15 is 0 Å². The smallest absolute Gasteiger partial charge is 0.276 e. The number of likely N-dealkylation sites (tertiary alicyclic amines) is 1. The number of nitro groups is 1. The van der Waals surface area contributed by atoms with E-state index in [9.17, 15) is 14.9 Å². The molecule has 0 atom stereocenters. The van der Waals surface area contributed by atoms with Crippen molar-refractivity contribution in [3.8, 4) is 0 Å². The van der Waals surface area contributed by atoms with Crippen LogP contribution < -0.4 is 0 Å². The molecule has 1 amide bonds. The monoisotopic (exact) mass is 246 g/mol. The molecule has 2 rings (SSSR count). The molecular formula is C13H14N2O3. The summed E-state index contributed by atoms with van der Waals surface area (Å²) in [6.45, 7) is 1.56. The van der Waals surface area contributed by atoms with Crippen molar-refractivity contribution in [1.82, 2.24) is 4.90 Å². The van der Waals surface area contributed by atoms with Gasteiger partial charge in [0.2, 0.25) is 5.91 Å². The molecule has 0 N–H and O–H groups in total. The zero-order chi connectivity index (χ0) is 13.0. The molecule has 0 aromatic heterocycles. The van der Waals surface area contributed by atoms with Gasteiger partial charge in [0.25, 0.3) is 5.69 Å². The molecule has 1 heterocycles. The predicted octanol–water partition coefficient (Wildman–Crippen LogP) is 2.23. The molecule has 1 saturated heterocycles. The topological polar surface area (TPSA) is 63.4 Å². The third-order valence-electron chi connectivity index (χ3n) is 2.96. The number of para-hydroxylation sites is 1. The Morgan fingerprint density at radius 3 is 2.61 bits per heavy atom. The van der Waals surface area contributed by atoms with E-state index in [1.807, 2.05) is 0 Å². The number of benzene rings is 1. The summed E-state index contributed by atoms with van der Waals surface area (Å²) < 4.78 is 0. The first-order chi connectivity index (χ1) is 8.68. The maximum absolute atomic E-state index is 11.8. The van der Waals surface area contributed by atoms with Crippen LogP contribution in [0, 0.1) is 10.1 Å². The Balaban J connectivity index is 2.13. The lowest BCUT2D eigenvalue weighted by atomic mass is 10.1. The van der Waals surface area contributed by atoms with Crippen molar-refractivity contribution in [2.75, 3.05) is 13.1 Å². The van der Waals surface area contributed by atoms with Gasteiger partial charge in [-0.2, -0.15) is 0 Å². The predicted molar refractivity (Wildman–Crippen MR) is 67.9 cm³/mol. The van der Waals surface area contributed by atoms with E-state index in [1.54, 1.807) is 23.1 Å². The van der Waals surface area contributed by atoms with Crippen LogP contribution in [0.3, 0.4) is 0 Å². The number of rotatable bonds is 3. The van der Waals surface area contributed by atoms with Crippen LogP contribution in [0.4, 0.5) is 5.69 Å². The van der Waals surface area contributed by atoms with Crippen molar-refractivity contribution < 1.29 is 9.72 Å². The third-order valence-corrected chi connectivity index (χ3v) is 2.96. The van der Waals surface area contributed by atoms with Gasteiger partial charge >= 0.3 is 0 Å². The number of amides is 1. The molecule has 0 unspecified atom stereocenters. The molecule has 18 heavy (non-hydrogen) atoms. The van der Waals surface area contributed by atoms with Crippen LogP contribution in [0.2, 0.25) is 0 Å². The summed E-state index contributed by atoms with van der Waals surface area (Å²) >= 11 is 0. The summed E-state index contributed by atoms with van der Waals surface area (Å²) in [6, 6.07) is 6.39. The average Bonchev–Trinajstić information content (AvgIpc) is 2.90. The fourth-order valence-corrected chi connectivity index (χ4v) is 2.00. The first-order valence-corrected chi connectivity index (χ1v) is 5.89. The van der Waals surface area contributed by atoms with E-state index in [1.165, 1.54) is 18.2 Å². The van der Waals surface area contributed by atoms with Gasteiger partial charge < -0.3 is 4.90 Å². The summed E-state index contributed by atoms with van der Waals surface area (Å²) in [4.78, 5) is 23.9. The Labute approximate surface area is 105 Å². The summed E-state index contributed by atoms with van der Waals surface area (Å²) in [6.07, 6.45) is 4.99. The quantitative estimate of drug-likeness (QED) is 0.466. The molecule has 1 aliphatic rings. The van der Waals surface area contributed by atoms with Crippen LogP contribution in [-0.4, -0.2) is 28.8 Å². The van der Waals surface area contributed by atoms with E-state index in [0.717, 1.165) is 25.9 Å². The SMILES string of the molecule is O=C(/C=C/c1ccccc1[N+](=O)[O-])N1CCCC1. The van der Waals surface area contributed by atoms with Crippen LogP contribution in [0.25, 0.3) is 6.08 Å². The molecule has 94 valence electrons. The lowest BCUT2D eigenvalue weighted by molar-refractivity contribution is -0.385. The van der Waals surface area contributed by atoms with E-state index in [4.69, 9.17) is 0 Å². The maximum atomic E-state index is 11.8. The first-order valence-electron chi connectivity index (χ1n) is 5.89. The number of hydrogen-bond donors (Lipinski definition) is 0. The summed E-state index contributed by atoms with van der Waals surface area (Å²) in [7, 11) is 0. The number of carbonyl (C=O) groups is 1. The maximum Gasteiger partial charge on any atom is 0.276 e. The van der Waals surface area contributed by atoms with Gasteiger partial charge in [-0.3, -0.25) is 14.9 Å². The lowest BCUT2D eigenvalue weighted by Crippen LogP contribution is -2.25. The number of carbonyl (C=O) groups excluding carboxylic acids is 1. The van der Waals surface area contributed by atoms with E-state index in [0.29, 0.717) is 5.56 Å². The van der Waals surface area contributed by atoms with E-state index < -0.39 is 4.92 Å². The highest BCUT2D eigenvalue weighted by atomic mass is 16.6. The molecule has 0 bridgehead atoms. The minimum absolute atomic E-state index is 0.0166. The highest BCUT2D eigenvalue weighted by molar-refractivity contribution is 5.92. The molecular weight excluding hydrogens is 232 g/mol. The number of nitrogens with zero attached hydrogens (tertiary/aromatic N) is 2. The van der Waals surface area contributed by atoms with Crippen LogP contribution in [-0.2, 0) is 4.79 Å². The van der Waals surface area contributed by atoms with Crippen molar-refractivity contribution in [2.24, 2.45) is 0 Å². The highest BCUT2D eigenvalue weighted by Gasteiger charge is 2.16. The molecule has 0 aliphatic carbocycles. The van der Waals surface area contributed by atoms with Gasteiger partial charge in [0.05, 0.1) is 10.5 Å². The average molecular weight is 246 g/mol. The third kappa shape index (κ3) is 2.74. The largest absolute Gasteiger partial charge is 0.339 e. The van der Waals surface area contributed by atoms with Gasteiger partial charge in [0, 0.05) is 25.2 Å². The fraction of sp³-hybridized carbons (Fsp3) is 0.308. The Hall–Kier alpha value is -2.17. The Bertz CT molecular complexity index is 491. The van der Waals surface area contributed by atoms with Crippen molar-refractivity contribution in [3.63, 3.8) is 0 Å². The van der Waals surface area contributed by atoms with Crippen molar-refractivity contribution >= 4 is 17.7 Å². The highest BCUT2D eigenvalue weighted by Crippen LogP contribution is 2.19. The van der Waals surface area contributed by atoms with E-state index in [2.05, 4.69) is 0 Å². The Kier molecular flexibility index (Phi) is 3.72. The van der Waals surface area contributed by atoms with Gasteiger partial charge in [-0.25, -0.2) is 0 Å². The second kappa shape index (κ2) is 5.44. The van der Waals surface area contributed by atoms with Gasteiger partial charge in [-0.1, -0.05) is 12.1 Å². The molecule has 0 saturated carbocycles. The first kappa shape index (κ1) is 12.3. The van der Waals surface area contributed by atoms with Crippen molar-refractivity contribution in [3.05, 3.63) is 46.0 Å². The second-order valence-electron chi connectivity index (χ2n) is 4.18. The summed E-state index contributed by atoms with van der Waals surface area (Å²) in [5.74, 6) is -0.0781. The molecule has 1 aromatic carbocycles. The minimum atomic E-state index is -0.444. The molecule has 1 aromatic rings. The zero-order valence-corrected chi connectivity index (χ0v) is 9.91. The van der Waals surface area contributed by atoms with Crippen LogP contribution in [0.5, 0.6) is 0 Å². The second-order valence-corrected chi connectivity index (χ2v) is 4.18. The van der Waals surface area contributed by atoms with Crippen molar-refractivity contribution in [2.45, 2.75) is 12.8 Å². The van der Waals surface area contributed by atoms with Gasteiger partial charge in [0.15, 0.2) is 0 Å². The normalized spacial score (nSPS) is 15.2. The summed E-state index contributed by atoms with van der Waals surface area (Å²) in [5.41, 5.74) is 0.470.